The molecule has 1 aromatic rings. The standard InChI is InChI=1S/C13H18Cl2N2O3S/c14-10-4-5-11(12(15)13(10)16)21(18,19)17-6-1-7-20-8-9-2-3-9/h4-5,9,17H,1-3,6-8,16H2. The molecule has 118 valence electrons. The van der Waals surface area contributed by atoms with Crippen molar-refractivity contribution in [3.8, 4) is 0 Å². The van der Waals surface area contributed by atoms with Crippen molar-refractivity contribution in [2.75, 3.05) is 25.5 Å². The molecule has 1 aliphatic carbocycles. The largest absolute Gasteiger partial charge is 0.396 e. The topological polar surface area (TPSA) is 81.4 Å². The maximum atomic E-state index is 12.1. The van der Waals surface area contributed by atoms with E-state index in [-0.39, 0.29) is 27.2 Å². The summed E-state index contributed by atoms with van der Waals surface area (Å²) in [4.78, 5) is -0.0648. The smallest absolute Gasteiger partial charge is 0.242 e. The summed E-state index contributed by atoms with van der Waals surface area (Å²) in [6.45, 7) is 1.59. The molecule has 8 heteroatoms. The number of ether oxygens (including phenoxy) is 1. The van der Waals surface area contributed by atoms with E-state index in [9.17, 15) is 8.42 Å². The Kier molecular flexibility index (Phi) is 5.73. The number of anilines is 1. The normalized spacial score (nSPS) is 15.3. The minimum absolute atomic E-state index is 0.0556. The van der Waals surface area contributed by atoms with E-state index in [0.29, 0.717) is 18.9 Å². The molecule has 3 N–H and O–H groups in total. The number of halogens is 2. The van der Waals surface area contributed by atoms with Gasteiger partial charge in [0.15, 0.2) is 0 Å². The minimum atomic E-state index is -3.70. The molecule has 1 fully saturated rings. The molecule has 0 aliphatic heterocycles. The fourth-order valence-corrected chi connectivity index (χ4v) is 3.59. The van der Waals surface area contributed by atoms with Crippen LogP contribution >= 0.6 is 23.2 Å². The van der Waals surface area contributed by atoms with E-state index < -0.39 is 10.0 Å². The number of hydrogen-bond donors (Lipinski definition) is 2. The number of nitrogen functional groups attached to an aromatic ring is 1. The van der Waals surface area contributed by atoms with Gasteiger partial charge in [0.2, 0.25) is 10.0 Å². The van der Waals surface area contributed by atoms with Crippen molar-refractivity contribution in [2.24, 2.45) is 5.92 Å². The van der Waals surface area contributed by atoms with Crippen LogP contribution < -0.4 is 10.5 Å². The maximum Gasteiger partial charge on any atom is 0.242 e. The van der Waals surface area contributed by atoms with Crippen molar-refractivity contribution in [2.45, 2.75) is 24.2 Å². The number of benzene rings is 1. The van der Waals surface area contributed by atoms with Gasteiger partial charge in [-0.2, -0.15) is 0 Å². The van der Waals surface area contributed by atoms with Crippen LogP contribution in [0.25, 0.3) is 0 Å². The molecule has 0 spiro atoms. The van der Waals surface area contributed by atoms with Gasteiger partial charge in [0, 0.05) is 19.8 Å². The van der Waals surface area contributed by atoms with Gasteiger partial charge in [-0.15, -0.1) is 0 Å². The number of sulfonamides is 1. The van der Waals surface area contributed by atoms with Crippen molar-refractivity contribution in [1.29, 1.82) is 0 Å². The molecule has 1 aliphatic rings. The summed E-state index contributed by atoms with van der Waals surface area (Å²) in [5.74, 6) is 0.706. The summed E-state index contributed by atoms with van der Waals surface area (Å²) in [6.07, 6.45) is 3.08. The molecular weight excluding hydrogens is 335 g/mol. The molecule has 0 atom stereocenters. The molecule has 0 heterocycles. The van der Waals surface area contributed by atoms with Gasteiger partial charge in [-0.1, -0.05) is 23.2 Å². The van der Waals surface area contributed by atoms with E-state index in [4.69, 9.17) is 33.7 Å². The molecule has 1 saturated carbocycles. The fourth-order valence-electron chi connectivity index (χ4n) is 1.75. The molecule has 21 heavy (non-hydrogen) atoms. The first-order chi connectivity index (χ1) is 9.92. The van der Waals surface area contributed by atoms with Gasteiger partial charge < -0.3 is 10.5 Å². The van der Waals surface area contributed by atoms with Gasteiger partial charge in [0.25, 0.3) is 0 Å². The zero-order valence-corrected chi connectivity index (χ0v) is 13.8. The van der Waals surface area contributed by atoms with Gasteiger partial charge in [-0.05, 0) is 37.3 Å². The number of nitrogens with two attached hydrogens (primary N) is 1. The van der Waals surface area contributed by atoms with E-state index in [2.05, 4.69) is 4.72 Å². The summed E-state index contributed by atoms with van der Waals surface area (Å²) in [7, 11) is -3.70. The summed E-state index contributed by atoms with van der Waals surface area (Å²) in [5, 5.41) is 0.174. The predicted octanol–water partition coefficient (Wildman–Crippen LogP) is 2.67. The van der Waals surface area contributed by atoms with Crippen molar-refractivity contribution in [1.82, 2.24) is 4.72 Å². The second-order valence-electron chi connectivity index (χ2n) is 5.04. The Bertz CT molecular complexity index is 604. The average Bonchev–Trinajstić information content (AvgIpc) is 3.24. The van der Waals surface area contributed by atoms with Crippen LogP contribution in [-0.2, 0) is 14.8 Å². The Morgan fingerprint density at radius 3 is 2.71 bits per heavy atom. The Balaban J connectivity index is 1.84. The van der Waals surface area contributed by atoms with Crippen molar-refractivity contribution in [3.05, 3.63) is 22.2 Å². The molecule has 0 unspecified atom stereocenters. The average molecular weight is 353 g/mol. The second kappa shape index (κ2) is 7.15. The zero-order valence-electron chi connectivity index (χ0n) is 11.4. The van der Waals surface area contributed by atoms with E-state index in [0.717, 1.165) is 6.61 Å². The van der Waals surface area contributed by atoms with Crippen LogP contribution in [0.15, 0.2) is 17.0 Å². The summed E-state index contributed by atoms with van der Waals surface area (Å²) in [5.41, 5.74) is 5.70. The summed E-state index contributed by atoms with van der Waals surface area (Å²) >= 11 is 11.7. The quantitative estimate of drug-likeness (QED) is 0.556. The van der Waals surface area contributed by atoms with Gasteiger partial charge in [-0.25, -0.2) is 13.1 Å². The maximum absolute atomic E-state index is 12.1. The van der Waals surface area contributed by atoms with E-state index in [1.807, 2.05) is 0 Å². The van der Waals surface area contributed by atoms with E-state index >= 15 is 0 Å². The summed E-state index contributed by atoms with van der Waals surface area (Å²) in [6, 6.07) is 2.75. The predicted molar refractivity (Wildman–Crippen MR) is 84.2 cm³/mol. The van der Waals surface area contributed by atoms with Crippen LogP contribution in [0.1, 0.15) is 19.3 Å². The second-order valence-corrected chi connectivity index (χ2v) is 7.56. The van der Waals surface area contributed by atoms with Crippen LogP contribution in [-0.4, -0.2) is 28.2 Å². The Hall–Kier alpha value is -0.530. The first-order valence-electron chi connectivity index (χ1n) is 6.72. The first kappa shape index (κ1) is 16.8. The third-order valence-electron chi connectivity index (χ3n) is 3.19. The molecule has 0 bridgehead atoms. The molecule has 2 rings (SSSR count). The van der Waals surface area contributed by atoms with Gasteiger partial charge in [0.1, 0.15) is 4.90 Å². The lowest BCUT2D eigenvalue weighted by Crippen LogP contribution is -2.26. The monoisotopic (exact) mass is 352 g/mol. The SMILES string of the molecule is Nc1c(Cl)ccc(S(=O)(=O)NCCCOCC2CC2)c1Cl. The third kappa shape index (κ3) is 4.72. The molecule has 0 aromatic heterocycles. The fraction of sp³-hybridized carbons (Fsp3) is 0.538. The molecule has 0 radical (unpaired) electrons. The van der Waals surface area contributed by atoms with Crippen LogP contribution in [0.2, 0.25) is 10.0 Å². The lowest BCUT2D eigenvalue weighted by atomic mass is 10.3. The number of nitrogens with one attached hydrogen (secondary N) is 1. The van der Waals surface area contributed by atoms with Crippen LogP contribution in [0, 0.1) is 5.92 Å². The van der Waals surface area contributed by atoms with Crippen molar-refractivity contribution in [3.63, 3.8) is 0 Å². The number of rotatable bonds is 8. The third-order valence-corrected chi connectivity index (χ3v) is 5.54. The van der Waals surface area contributed by atoms with Crippen LogP contribution in [0.4, 0.5) is 5.69 Å². The molecular formula is C13H18Cl2N2O3S. The van der Waals surface area contributed by atoms with Crippen LogP contribution in [0.5, 0.6) is 0 Å². The van der Waals surface area contributed by atoms with Crippen LogP contribution in [0.3, 0.4) is 0 Å². The Labute approximate surface area is 134 Å². The minimum Gasteiger partial charge on any atom is -0.396 e. The van der Waals surface area contributed by atoms with Gasteiger partial charge in [-0.3, -0.25) is 0 Å². The zero-order chi connectivity index (χ0) is 15.5. The van der Waals surface area contributed by atoms with E-state index in [1.54, 1.807) is 0 Å². The molecule has 5 nitrogen and oxygen atoms in total. The molecule has 0 saturated heterocycles. The number of hydrogen-bond acceptors (Lipinski definition) is 4. The summed E-state index contributed by atoms with van der Waals surface area (Å²) < 4.78 is 32.2. The Morgan fingerprint density at radius 1 is 1.33 bits per heavy atom. The lowest BCUT2D eigenvalue weighted by molar-refractivity contribution is 0.123. The highest BCUT2D eigenvalue weighted by molar-refractivity contribution is 7.89. The highest BCUT2D eigenvalue weighted by atomic mass is 35.5. The van der Waals surface area contributed by atoms with Crippen molar-refractivity contribution >= 4 is 38.9 Å². The van der Waals surface area contributed by atoms with E-state index in [1.165, 1.54) is 25.0 Å². The lowest BCUT2D eigenvalue weighted by Gasteiger charge is -2.10. The Morgan fingerprint density at radius 2 is 2.05 bits per heavy atom. The highest BCUT2D eigenvalue weighted by Gasteiger charge is 2.21. The first-order valence-corrected chi connectivity index (χ1v) is 8.96. The van der Waals surface area contributed by atoms with Crippen molar-refractivity contribution < 1.29 is 13.2 Å². The molecule has 0 amide bonds. The van der Waals surface area contributed by atoms with Gasteiger partial charge in [0.05, 0.1) is 15.7 Å². The highest BCUT2D eigenvalue weighted by Crippen LogP contribution is 2.33. The van der Waals surface area contributed by atoms with Gasteiger partial charge >= 0.3 is 0 Å². The molecule has 1 aromatic carbocycles.